The van der Waals surface area contributed by atoms with E-state index in [4.69, 9.17) is 9.15 Å². The Bertz CT molecular complexity index is 1040. The molecule has 4 rings (SSSR count). The van der Waals surface area contributed by atoms with Crippen LogP contribution in [-0.2, 0) is 16.1 Å². The average Bonchev–Trinajstić information content (AvgIpc) is 3.47. The molecule has 3 aromatic rings. The van der Waals surface area contributed by atoms with Crippen LogP contribution in [-0.4, -0.2) is 28.3 Å². The summed E-state index contributed by atoms with van der Waals surface area (Å²) in [7, 11) is 0. The number of carbonyl (C=O) groups is 2. The number of carbonyl (C=O) groups excluding carboxylic acids is 2. The molecule has 3 heterocycles. The molecule has 1 N–H and O–H groups in total. The van der Waals surface area contributed by atoms with E-state index >= 15 is 0 Å². The molecule has 0 aliphatic carbocycles. The predicted octanol–water partition coefficient (Wildman–Crippen LogP) is 4.36. The first-order valence-electron chi connectivity index (χ1n) is 9.17. The second-order valence-corrected chi connectivity index (χ2v) is 7.51. The third-order valence-electron chi connectivity index (χ3n) is 4.70. The molecule has 1 amide bonds. The van der Waals surface area contributed by atoms with Crippen LogP contribution in [0.2, 0.25) is 0 Å². The van der Waals surface area contributed by atoms with E-state index in [1.165, 1.54) is 22.5 Å². The first-order valence-corrected chi connectivity index (χ1v) is 10.1. The van der Waals surface area contributed by atoms with Crippen molar-refractivity contribution in [1.29, 1.82) is 0 Å². The number of likely N-dealkylation sites (tertiary alicyclic amines) is 1. The van der Waals surface area contributed by atoms with E-state index in [2.05, 4.69) is 0 Å². The summed E-state index contributed by atoms with van der Waals surface area (Å²) in [5, 5.41) is 12.9. The number of Topliss-reactive ketones (excluding diaryl/α,β-unsaturated/α-hetero) is 1. The minimum absolute atomic E-state index is 0.0191. The quantitative estimate of drug-likeness (QED) is 0.372. The van der Waals surface area contributed by atoms with Gasteiger partial charge in [-0.05, 0) is 54.8 Å². The summed E-state index contributed by atoms with van der Waals surface area (Å²) in [5.74, 6) is -0.541. The van der Waals surface area contributed by atoms with Crippen LogP contribution >= 0.6 is 11.3 Å². The van der Waals surface area contributed by atoms with Gasteiger partial charge in [-0.25, -0.2) is 0 Å². The number of hydrogen-bond acceptors (Lipinski definition) is 6. The number of aliphatic hydroxyl groups excluding tert-OH is 1. The highest BCUT2D eigenvalue weighted by molar-refractivity contribution is 7.09. The maximum Gasteiger partial charge on any atom is 0.296 e. The Morgan fingerprint density at radius 3 is 2.59 bits per heavy atom. The molecule has 7 heteroatoms. The van der Waals surface area contributed by atoms with E-state index in [1.54, 1.807) is 36.4 Å². The first kappa shape index (κ1) is 19.0. The molecule has 0 spiro atoms. The number of furan rings is 1. The highest BCUT2D eigenvalue weighted by atomic mass is 32.1. The van der Waals surface area contributed by atoms with Crippen molar-refractivity contribution in [2.24, 2.45) is 0 Å². The number of ether oxygens (including phenoxy) is 1. The highest BCUT2D eigenvalue weighted by Crippen LogP contribution is 2.40. The molecule has 0 radical (unpaired) electrons. The normalized spacial score (nSPS) is 18.4. The summed E-state index contributed by atoms with van der Waals surface area (Å²) in [5.41, 5.74) is 0.449. The van der Waals surface area contributed by atoms with E-state index < -0.39 is 17.7 Å². The van der Waals surface area contributed by atoms with Crippen molar-refractivity contribution >= 4 is 28.8 Å². The number of nitrogens with zero attached hydrogens (tertiary/aromatic N) is 1. The molecule has 2 aromatic heterocycles. The van der Waals surface area contributed by atoms with E-state index in [0.717, 1.165) is 4.88 Å². The van der Waals surface area contributed by atoms with Crippen LogP contribution in [0.3, 0.4) is 0 Å². The van der Waals surface area contributed by atoms with Crippen molar-refractivity contribution in [2.45, 2.75) is 19.5 Å². The number of benzene rings is 1. The fourth-order valence-electron chi connectivity index (χ4n) is 3.39. The lowest BCUT2D eigenvalue weighted by Gasteiger charge is -2.22. The van der Waals surface area contributed by atoms with E-state index in [-0.39, 0.29) is 17.9 Å². The molecule has 0 bridgehead atoms. The topological polar surface area (TPSA) is 80.0 Å². The second-order valence-electron chi connectivity index (χ2n) is 6.48. The summed E-state index contributed by atoms with van der Waals surface area (Å²) in [6.45, 7) is 2.66. The van der Waals surface area contributed by atoms with E-state index in [0.29, 0.717) is 23.7 Å². The fraction of sp³-hybridized carbons (Fsp3) is 0.182. The number of thiophene rings is 1. The van der Waals surface area contributed by atoms with Gasteiger partial charge in [0.2, 0.25) is 0 Å². The summed E-state index contributed by atoms with van der Waals surface area (Å²) in [6.07, 6.45) is 1.48. The first-order chi connectivity index (χ1) is 14.1. The zero-order valence-electron chi connectivity index (χ0n) is 15.7. The molecule has 1 atom stereocenters. The third-order valence-corrected chi connectivity index (χ3v) is 5.56. The van der Waals surface area contributed by atoms with Crippen molar-refractivity contribution in [1.82, 2.24) is 4.90 Å². The summed E-state index contributed by atoms with van der Waals surface area (Å²) in [4.78, 5) is 28.0. The maximum absolute atomic E-state index is 12.9. The SMILES string of the molecule is CCOc1ccc(/C(O)=C2/C(=O)C(=O)N(Cc3cccs3)C2c2ccco2)cc1. The van der Waals surface area contributed by atoms with Crippen LogP contribution in [0.1, 0.15) is 29.2 Å². The molecular weight excluding hydrogens is 390 g/mol. The molecular formula is C22H19NO5S. The average molecular weight is 409 g/mol. The molecule has 1 fully saturated rings. The van der Waals surface area contributed by atoms with Crippen molar-refractivity contribution in [3.05, 3.63) is 81.9 Å². The Morgan fingerprint density at radius 2 is 1.97 bits per heavy atom. The molecule has 1 aromatic carbocycles. The van der Waals surface area contributed by atoms with Crippen LogP contribution < -0.4 is 4.74 Å². The van der Waals surface area contributed by atoms with Gasteiger partial charge in [-0.2, -0.15) is 0 Å². The Hall–Kier alpha value is -3.32. The predicted molar refractivity (Wildman–Crippen MR) is 108 cm³/mol. The van der Waals surface area contributed by atoms with Crippen molar-refractivity contribution in [2.75, 3.05) is 6.61 Å². The third kappa shape index (κ3) is 3.56. The Labute approximate surface area is 171 Å². The standard InChI is InChI=1S/C22H19NO5S/c1-2-27-15-9-7-14(8-10-15)20(24)18-19(17-6-3-11-28-17)23(22(26)21(18)25)13-16-5-4-12-29-16/h3-12,19,24H,2,13H2,1H3/b20-18-. The Balaban J connectivity index is 1.78. The number of hydrogen-bond donors (Lipinski definition) is 1. The smallest absolute Gasteiger partial charge is 0.296 e. The monoisotopic (exact) mass is 409 g/mol. The van der Waals surface area contributed by atoms with Gasteiger partial charge in [0.1, 0.15) is 23.3 Å². The minimum Gasteiger partial charge on any atom is -0.507 e. The van der Waals surface area contributed by atoms with Crippen LogP contribution in [0.25, 0.3) is 5.76 Å². The van der Waals surface area contributed by atoms with Gasteiger partial charge in [-0.3, -0.25) is 9.59 Å². The minimum atomic E-state index is -0.793. The molecule has 1 aliphatic rings. The van der Waals surface area contributed by atoms with Crippen LogP contribution in [0.15, 0.2) is 70.2 Å². The summed E-state index contributed by atoms with van der Waals surface area (Å²) < 4.78 is 10.9. The van der Waals surface area contributed by atoms with Crippen molar-refractivity contribution in [3.8, 4) is 5.75 Å². The zero-order chi connectivity index (χ0) is 20.4. The van der Waals surface area contributed by atoms with Gasteiger partial charge in [0.05, 0.1) is 25.0 Å². The van der Waals surface area contributed by atoms with Gasteiger partial charge in [0.15, 0.2) is 0 Å². The van der Waals surface area contributed by atoms with E-state index in [9.17, 15) is 14.7 Å². The Morgan fingerprint density at radius 1 is 1.17 bits per heavy atom. The zero-order valence-corrected chi connectivity index (χ0v) is 16.5. The lowest BCUT2D eigenvalue weighted by atomic mass is 9.99. The number of aliphatic hydroxyl groups is 1. The summed E-state index contributed by atoms with van der Waals surface area (Å²) >= 11 is 1.50. The highest BCUT2D eigenvalue weighted by Gasteiger charge is 2.47. The van der Waals surface area contributed by atoms with Gasteiger partial charge >= 0.3 is 0 Å². The number of rotatable bonds is 6. The van der Waals surface area contributed by atoms with Gasteiger partial charge < -0.3 is 19.2 Å². The molecule has 1 saturated heterocycles. The molecule has 1 unspecified atom stereocenters. The largest absolute Gasteiger partial charge is 0.507 e. The Kier molecular flexibility index (Phi) is 5.22. The van der Waals surface area contributed by atoms with Crippen LogP contribution in [0.4, 0.5) is 0 Å². The van der Waals surface area contributed by atoms with Gasteiger partial charge in [-0.1, -0.05) is 6.07 Å². The molecule has 0 saturated carbocycles. The van der Waals surface area contributed by atoms with Crippen LogP contribution in [0, 0.1) is 0 Å². The molecule has 1 aliphatic heterocycles. The molecule has 148 valence electrons. The lowest BCUT2D eigenvalue weighted by molar-refractivity contribution is -0.140. The maximum atomic E-state index is 12.9. The van der Waals surface area contributed by atoms with E-state index in [1.807, 2.05) is 24.4 Å². The fourth-order valence-corrected chi connectivity index (χ4v) is 4.09. The number of ketones is 1. The van der Waals surface area contributed by atoms with Crippen LogP contribution in [0.5, 0.6) is 5.75 Å². The molecule has 29 heavy (non-hydrogen) atoms. The van der Waals surface area contributed by atoms with Crippen molar-refractivity contribution < 1.29 is 23.8 Å². The number of amides is 1. The lowest BCUT2D eigenvalue weighted by Crippen LogP contribution is -2.28. The van der Waals surface area contributed by atoms with Gasteiger partial charge in [0.25, 0.3) is 11.7 Å². The van der Waals surface area contributed by atoms with Gasteiger partial charge in [0, 0.05) is 10.4 Å². The van der Waals surface area contributed by atoms with Gasteiger partial charge in [-0.15, -0.1) is 11.3 Å². The summed E-state index contributed by atoms with van der Waals surface area (Å²) in [6, 6.07) is 13.1. The second kappa shape index (κ2) is 7.97. The molecule has 6 nitrogen and oxygen atoms in total. The van der Waals surface area contributed by atoms with Crippen molar-refractivity contribution in [3.63, 3.8) is 0 Å².